The van der Waals surface area contributed by atoms with Gasteiger partial charge in [0.1, 0.15) is 5.76 Å². The Morgan fingerprint density at radius 1 is 1.19 bits per heavy atom. The van der Waals surface area contributed by atoms with Crippen LogP contribution < -0.4 is 0 Å². The summed E-state index contributed by atoms with van der Waals surface area (Å²) in [5, 5.41) is 12.7. The first kappa shape index (κ1) is 19.1. The number of carbonyl (C=O) groups is 1. The molecule has 1 amide bonds. The van der Waals surface area contributed by atoms with Gasteiger partial charge < -0.3 is 13.8 Å². The van der Waals surface area contributed by atoms with Crippen molar-refractivity contribution >= 4 is 17.5 Å². The Kier molecular flexibility index (Phi) is 5.60. The van der Waals surface area contributed by atoms with Gasteiger partial charge in [0, 0.05) is 22.2 Å². The standard InChI is InChI=1S/C19H21ClN4O3/c1-11(2)24(18(25)9-16-12(3)23-27-13(16)4)10-17-21-22-19(26-17)14-5-7-15(20)8-6-14/h5-8,11H,9-10H2,1-4H3. The summed E-state index contributed by atoms with van der Waals surface area (Å²) in [4.78, 5) is 14.5. The number of benzene rings is 1. The van der Waals surface area contributed by atoms with Crippen LogP contribution in [0.1, 0.15) is 36.8 Å². The van der Waals surface area contributed by atoms with Gasteiger partial charge in [-0.15, -0.1) is 10.2 Å². The van der Waals surface area contributed by atoms with Gasteiger partial charge >= 0.3 is 0 Å². The Bertz CT molecular complexity index is 911. The zero-order valence-electron chi connectivity index (χ0n) is 15.7. The van der Waals surface area contributed by atoms with Crippen molar-refractivity contribution in [2.75, 3.05) is 0 Å². The van der Waals surface area contributed by atoms with Crippen molar-refractivity contribution in [2.24, 2.45) is 0 Å². The molecule has 0 bridgehead atoms. The lowest BCUT2D eigenvalue weighted by Crippen LogP contribution is -2.37. The number of hydrogen-bond acceptors (Lipinski definition) is 6. The first-order valence-electron chi connectivity index (χ1n) is 8.64. The predicted octanol–water partition coefficient (Wildman–Crippen LogP) is 3.97. The summed E-state index contributed by atoms with van der Waals surface area (Å²) in [5.74, 6) is 1.38. The molecular formula is C19H21ClN4O3. The molecule has 0 aliphatic carbocycles. The van der Waals surface area contributed by atoms with Crippen molar-refractivity contribution in [3.8, 4) is 11.5 Å². The molecule has 0 saturated heterocycles. The molecule has 0 fully saturated rings. The van der Waals surface area contributed by atoms with Crippen molar-refractivity contribution in [1.82, 2.24) is 20.3 Å². The van der Waals surface area contributed by atoms with Crippen molar-refractivity contribution in [3.05, 3.63) is 52.2 Å². The molecule has 0 unspecified atom stereocenters. The molecule has 0 spiro atoms. The lowest BCUT2D eigenvalue weighted by Gasteiger charge is -2.25. The van der Waals surface area contributed by atoms with Crippen LogP contribution >= 0.6 is 11.6 Å². The molecule has 0 aliphatic heterocycles. The molecule has 8 heteroatoms. The Labute approximate surface area is 162 Å². The van der Waals surface area contributed by atoms with Crippen LogP contribution in [0.15, 0.2) is 33.2 Å². The van der Waals surface area contributed by atoms with E-state index in [1.54, 1.807) is 24.0 Å². The Balaban J connectivity index is 1.75. The van der Waals surface area contributed by atoms with Crippen molar-refractivity contribution in [1.29, 1.82) is 0 Å². The van der Waals surface area contributed by atoms with E-state index >= 15 is 0 Å². The lowest BCUT2D eigenvalue weighted by molar-refractivity contribution is -0.133. The van der Waals surface area contributed by atoms with E-state index in [9.17, 15) is 4.79 Å². The molecule has 3 aromatic rings. The molecule has 0 radical (unpaired) electrons. The Hall–Kier alpha value is -2.67. The van der Waals surface area contributed by atoms with E-state index in [1.807, 2.05) is 32.9 Å². The van der Waals surface area contributed by atoms with E-state index in [0.29, 0.717) is 22.6 Å². The maximum atomic E-state index is 12.8. The van der Waals surface area contributed by atoms with Crippen LogP contribution in [0.3, 0.4) is 0 Å². The number of aromatic nitrogens is 3. The average Bonchev–Trinajstić information content (AvgIpc) is 3.22. The normalized spacial score (nSPS) is 11.2. The van der Waals surface area contributed by atoms with Gasteiger partial charge in [-0.3, -0.25) is 4.79 Å². The third kappa shape index (κ3) is 4.36. The number of amides is 1. The van der Waals surface area contributed by atoms with Gasteiger partial charge in [-0.05, 0) is 52.0 Å². The van der Waals surface area contributed by atoms with E-state index in [2.05, 4.69) is 15.4 Å². The van der Waals surface area contributed by atoms with Crippen LogP contribution in [0.25, 0.3) is 11.5 Å². The summed E-state index contributed by atoms with van der Waals surface area (Å²) in [6, 6.07) is 7.11. The van der Waals surface area contributed by atoms with Gasteiger partial charge in [-0.1, -0.05) is 16.8 Å². The smallest absolute Gasteiger partial charge is 0.247 e. The van der Waals surface area contributed by atoms with Gasteiger partial charge in [0.05, 0.1) is 18.7 Å². The second-order valence-electron chi connectivity index (χ2n) is 6.60. The Morgan fingerprint density at radius 2 is 1.89 bits per heavy atom. The fraction of sp³-hybridized carbons (Fsp3) is 0.368. The first-order valence-corrected chi connectivity index (χ1v) is 9.02. The number of carbonyl (C=O) groups excluding carboxylic acids is 1. The van der Waals surface area contributed by atoms with Crippen LogP contribution in [0, 0.1) is 13.8 Å². The Morgan fingerprint density at radius 3 is 2.48 bits per heavy atom. The molecule has 0 N–H and O–H groups in total. The average molecular weight is 389 g/mol. The van der Waals surface area contributed by atoms with E-state index in [4.69, 9.17) is 20.5 Å². The third-order valence-electron chi connectivity index (χ3n) is 4.32. The van der Waals surface area contributed by atoms with Crippen LogP contribution in [-0.4, -0.2) is 32.2 Å². The maximum absolute atomic E-state index is 12.8. The monoisotopic (exact) mass is 388 g/mol. The van der Waals surface area contributed by atoms with Gasteiger partial charge in [-0.25, -0.2) is 0 Å². The van der Waals surface area contributed by atoms with Gasteiger partial charge in [-0.2, -0.15) is 0 Å². The molecule has 27 heavy (non-hydrogen) atoms. The van der Waals surface area contributed by atoms with Crippen molar-refractivity contribution in [3.63, 3.8) is 0 Å². The highest BCUT2D eigenvalue weighted by Gasteiger charge is 2.23. The summed E-state index contributed by atoms with van der Waals surface area (Å²) in [6.45, 7) is 7.76. The van der Waals surface area contributed by atoms with Crippen LogP contribution in [0.2, 0.25) is 5.02 Å². The fourth-order valence-corrected chi connectivity index (χ4v) is 2.86. The molecule has 3 rings (SSSR count). The van der Waals surface area contributed by atoms with Crippen LogP contribution in [0.5, 0.6) is 0 Å². The molecule has 0 atom stereocenters. The van der Waals surface area contributed by atoms with E-state index in [-0.39, 0.29) is 24.9 Å². The highest BCUT2D eigenvalue weighted by atomic mass is 35.5. The number of nitrogens with zero attached hydrogens (tertiary/aromatic N) is 4. The molecule has 7 nitrogen and oxygen atoms in total. The fourth-order valence-electron chi connectivity index (χ4n) is 2.74. The van der Waals surface area contributed by atoms with Gasteiger partial charge in [0.2, 0.25) is 17.7 Å². The molecular weight excluding hydrogens is 368 g/mol. The number of rotatable bonds is 6. The van der Waals surface area contributed by atoms with Gasteiger partial charge in [0.15, 0.2) is 0 Å². The van der Waals surface area contributed by atoms with Crippen LogP contribution in [-0.2, 0) is 17.8 Å². The van der Waals surface area contributed by atoms with Crippen molar-refractivity contribution < 1.29 is 13.7 Å². The lowest BCUT2D eigenvalue weighted by atomic mass is 10.1. The quantitative estimate of drug-likeness (QED) is 0.635. The van der Waals surface area contributed by atoms with E-state index in [0.717, 1.165) is 16.8 Å². The zero-order valence-corrected chi connectivity index (χ0v) is 16.4. The minimum atomic E-state index is -0.0503. The highest BCUT2D eigenvalue weighted by molar-refractivity contribution is 6.30. The highest BCUT2D eigenvalue weighted by Crippen LogP contribution is 2.21. The number of halogens is 1. The maximum Gasteiger partial charge on any atom is 0.247 e. The summed E-state index contributed by atoms with van der Waals surface area (Å²) < 4.78 is 10.9. The molecule has 2 aromatic heterocycles. The zero-order chi connectivity index (χ0) is 19.6. The largest absolute Gasteiger partial charge is 0.419 e. The first-order chi connectivity index (χ1) is 12.8. The predicted molar refractivity (Wildman–Crippen MR) is 100 cm³/mol. The molecule has 0 saturated carbocycles. The second-order valence-corrected chi connectivity index (χ2v) is 7.04. The molecule has 0 aliphatic rings. The topological polar surface area (TPSA) is 85.3 Å². The third-order valence-corrected chi connectivity index (χ3v) is 4.57. The molecule has 2 heterocycles. The van der Waals surface area contributed by atoms with Crippen LogP contribution in [0.4, 0.5) is 0 Å². The van der Waals surface area contributed by atoms with Gasteiger partial charge in [0.25, 0.3) is 0 Å². The summed E-state index contributed by atoms with van der Waals surface area (Å²) in [7, 11) is 0. The second kappa shape index (κ2) is 7.92. The minimum Gasteiger partial charge on any atom is -0.419 e. The SMILES string of the molecule is Cc1noc(C)c1CC(=O)N(Cc1nnc(-c2ccc(Cl)cc2)o1)C(C)C. The van der Waals surface area contributed by atoms with Crippen molar-refractivity contribution in [2.45, 2.75) is 46.7 Å². The summed E-state index contributed by atoms with van der Waals surface area (Å²) in [6.07, 6.45) is 0.220. The summed E-state index contributed by atoms with van der Waals surface area (Å²) >= 11 is 5.90. The van der Waals surface area contributed by atoms with E-state index < -0.39 is 0 Å². The number of aryl methyl sites for hydroxylation is 2. The summed E-state index contributed by atoms with van der Waals surface area (Å²) in [5.41, 5.74) is 2.32. The molecule has 1 aromatic carbocycles. The van der Waals surface area contributed by atoms with E-state index in [1.165, 1.54) is 0 Å². The number of hydrogen-bond donors (Lipinski definition) is 0. The molecule has 142 valence electrons. The minimum absolute atomic E-state index is 0.0242.